The summed E-state index contributed by atoms with van der Waals surface area (Å²) in [4.78, 5) is 23.1. The van der Waals surface area contributed by atoms with Crippen molar-refractivity contribution < 1.29 is 29.3 Å². The molecule has 0 fully saturated rings. The lowest BCUT2D eigenvalue weighted by Crippen LogP contribution is -2.15. The lowest BCUT2D eigenvalue weighted by molar-refractivity contribution is -0.154. The zero-order valence-corrected chi connectivity index (χ0v) is 17.3. The Bertz CT molecular complexity index is 338. The molecule has 0 rings (SSSR count). The maximum atomic E-state index is 11.6. The lowest BCUT2D eigenvalue weighted by atomic mass is 10.1. The van der Waals surface area contributed by atoms with E-state index in [1.807, 2.05) is 0 Å². The van der Waals surface area contributed by atoms with Crippen LogP contribution in [0.4, 0.5) is 0 Å². The molecule has 0 aliphatic rings. The van der Waals surface area contributed by atoms with Crippen molar-refractivity contribution in [3.05, 3.63) is 0 Å². The van der Waals surface area contributed by atoms with E-state index in [0.29, 0.717) is 25.7 Å². The van der Waals surface area contributed by atoms with Gasteiger partial charge in [0.1, 0.15) is 6.42 Å². The minimum atomic E-state index is -0.568. The Kier molecular flexibility index (Phi) is 17.5. The molecule has 2 atom stereocenters. The van der Waals surface area contributed by atoms with Crippen molar-refractivity contribution in [2.45, 2.75) is 110 Å². The van der Waals surface area contributed by atoms with Crippen molar-refractivity contribution in [1.82, 2.24) is 0 Å². The van der Waals surface area contributed by atoms with E-state index in [1.54, 1.807) is 0 Å². The van der Waals surface area contributed by atoms with Crippen LogP contribution in [0, 0.1) is 0 Å². The lowest BCUT2D eigenvalue weighted by Gasteiger charge is -2.10. The van der Waals surface area contributed by atoms with Crippen molar-refractivity contribution >= 4 is 11.9 Å². The van der Waals surface area contributed by atoms with E-state index in [4.69, 9.17) is 9.47 Å². The van der Waals surface area contributed by atoms with E-state index in [2.05, 4.69) is 13.8 Å². The summed E-state index contributed by atoms with van der Waals surface area (Å²) in [5, 5.41) is 19.4. The second kappa shape index (κ2) is 18.2. The molecule has 0 saturated carbocycles. The molecule has 6 heteroatoms. The number of unbranched alkanes of at least 4 members (excludes halogenated alkanes) is 4. The molecule has 0 heterocycles. The Morgan fingerprint density at radius 2 is 1.04 bits per heavy atom. The third-order valence-electron chi connectivity index (χ3n) is 4.46. The second-order valence-corrected chi connectivity index (χ2v) is 7.20. The molecule has 0 aromatic rings. The minimum Gasteiger partial charge on any atom is -0.465 e. The van der Waals surface area contributed by atoms with Gasteiger partial charge in [0.2, 0.25) is 0 Å². The van der Waals surface area contributed by atoms with Crippen molar-refractivity contribution in [1.29, 1.82) is 0 Å². The highest BCUT2D eigenvalue weighted by molar-refractivity contribution is 5.91. The number of carbonyl (C=O) groups is 2. The zero-order chi connectivity index (χ0) is 20.3. The summed E-state index contributed by atoms with van der Waals surface area (Å²) < 4.78 is 10.0. The van der Waals surface area contributed by atoms with E-state index in [-0.39, 0.29) is 31.8 Å². The van der Waals surface area contributed by atoms with Crippen molar-refractivity contribution in [3.63, 3.8) is 0 Å². The van der Waals surface area contributed by atoms with E-state index < -0.39 is 11.9 Å². The molecule has 0 aliphatic carbocycles. The molecule has 2 unspecified atom stereocenters. The average molecular weight is 389 g/mol. The summed E-state index contributed by atoms with van der Waals surface area (Å²) in [5.41, 5.74) is 0. The highest BCUT2D eigenvalue weighted by Crippen LogP contribution is 2.09. The van der Waals surface area contributed by atoms with Crippen LogP contribution in [-0.2, 0) is 19.1 Å². The maximum absolute atomic E-state index is 11.6. The number of ether oxygens (including phenoxy) is 2. The molecule has 0 amide bonds. The first-order valence-corrected chi connectivity index (χ1v) is 10.7. The number of esters is 2. The van der Waals surface area contributed by atoms with Crippen LogP contribution >= 0.6 is 0 Å². The zero-order valence-electron chi connectivity index (χ0n) is 17.3. The number of hydrogen-bond donors (Lipinski definition) is 2. The minimum absolute atomic E-state index is 0.266. The smallest absolute Gasteiger partial charge is 0.317 e. The first kappa shape index (κ1) is 25.9. The van der Waals surface area contributed by atoms with Crippen LogP contribution in [0.15, 0.2) is 0 Å². The molecule has 0 spiro atoms. The van der Waals surface area contributed by atoms with Crippen molar-refractivity contribution in [3.8, 4) is 0 Å². The molecule has 27 heavy (non-hydrogen) atoms. The van der Waals surface area contributed by atoms with Gasteiger partial charge in [-0.2, -0.15) is 0 Å². The van der Waals surface area contributed by atoms with Crippen LogP contribution in [0.2, 0.25) is 0 Å². The Hall–Kier alpha value is -1.14. The molecule has 0 radical (unpaired) electrons. The van der Waals surface area contributed by atoms with Crippen LogP contribution in [0.5, 0.6) is 0 Å². The number of carbonyl (C=O) groups excluding carboxylic acids is 2. The quantitative estimate of drug-likeness (QED) is 0.210. The Morgan fingerprint density at radius 3 is 1.41 bits per heavy atom. The van der Waals surface area contributed by atoms with Gasteiger partial charge in [0.25, 0.3) is 0 Å². The Morgan fingerprint density at radius 1 is 0.667 bits per heavy atom. The Balaban J connectivity index is 3.52. The SMILES string of the molecule is CCCCC(O)CCCCOC(=O)CC(=O)OCCCCC(O)CCCC. The van der Waals surface area contributed by atoms with Gasteiger partial charge in [-0.05, 0) is 51.4 Å². The number of rotatable bonds is 18. The summed E-state index contributed by atoms with van der Waals surface area (Å²) in [6.45, 7) is 4.72. The Labute approximate surface area is 164 Å². The van der Waals surface area contributed by atoms with Crippen molar-refractivity contribution in [2.24, 2.45) is 0 Å². The van der Waals surface area contributed by atoms with Crippen LogP contribution in [0.25, 0.3) is 0 Å². The summed E-state index contributed by atoms with van der Waals surface area (Å²) in [5.74, 6) is -1.14. The fraction of sp³-hybridized carbons (Fsp3) is 0.905. The van der Waals surface area contributed by atoms with Crippen LogP contribution < -0.4 is 0 Å². The van der Waals surface area contributed by atoms with Crippen LogP contribution in [0.1, 0.15) is 97.3 Å². The second-order valence-electron chi connectivity index (χ2n) is 7.20. The number of hydrogen-bond acceptors (Lipinski definition) is 6. The van der Waals surface area contributed by atoms with Gasteiger partial charge in [-0.3, -0.25) is 9.59 Å². The van der Waals surface area contributed by atoms with Gasteiger partial charge in [0.15, 0.2) is 0 Å². The maximum Gasteiger partial charge on any atom is 0.317 e. The third-order valence-corrected chi connectivity index (χ3v) is 4.46. The molecule has 0 saturated heterocycles. The first-order valence-electron chi connectivity index (χ1n) is 10.7. The molecule has 6 nitrogen and oxygen atoms in total. The van der Waals surface area contributed by atoms with E-state index in [1.165, 1.54) is 0 Å². The number of aliphatic hydroxyl groups is 2. The third kappa shape index (κ3) is 18.0. The highest BCUT2D eigenvalue weighted by atomic mass is 16.6. The largest absolute Gasteiger partial charge is 0.465 e. The predicted octanol–water partition coefficient (Wildman–Crippen LogP) is 3.91. The molecular weight excluding hydrogens is 348 g/mol. The van der Waals surface area contributed by atoms with Crippen LogP contribution in [0.3, 0.4) is 0 Å². The summed E-state index contributed by atoms with van der Waals surface area (Å²) >= 11 is 0. The number of aliphatic hydroxyl groups excluding tert-OH is 2. The van der Waals surface area contributed by atoms with Gasteiger partial charge in [-0.1, -0.05) is 39.5 Å². The fourth-order valence-corrected chi connectivity index (χ4v) is 2.72. The molecule has 2 N–H and O–H groups in total. The summed E-state index contributed by atoms with van der Waals surface area (Å²) in [7, 11) is 0. The topological polar surface area (TPSA) is 93.1 Å². The normalized spacial score (nSPS) is 13.2. The van der Waals surface area contributed by atoms with E-state index >= 15 is 0 Å². The molecular formula is C21H40O6. The fourth-order valence-electron chi connectivity index (χ4n) is 2.72. The van der Waals surface area contributed by atoms with E-state index in [0.717, 1.165) is 51.4 Å². The van der Waals surface area contributed by atoms with Gasteiger partial charge in [0, 0.05) is 0 Å². The van der Waals surface area contributed by atoms with Gasteiger partial charge < -0.3 is 19.7 Å². The van der Waals surface area contributed by atoms with Crippen LogP contribution in [-0.4, -0.2) is 47.6 Å². The van der Waals surface area contributed by atoms with Gasteiger partial charge >= 0.3 is 11.9 Å². The highest BCUT2D eigenvalue weighted by Gasteiger charge is 2.12. The van der Waals surface area contributed by atoms with Gasteiger partial charge in [-0.25, -0.2) is 0 Å². The monoisotopic (exact) mass is 388 g/mol. The molecule has 160 valence electrons. The predicted molar refractivity (Wildman–Crippen MR) is 105 cm³/mol. The summed E-state index contributed by atoms with van der Waals surface area (Å²) in [6, 6.07) is 0. The van der Waals surface area contributed by atoms with E-state index in [9.17, 15) is 19.8 Å². The molecule has 0 aliphatic heterocycles. The van der Waals surface area contributed by atoms with Crippen molar-refractivity contribution in [2.75, 3.05) is 13.2 Å². The van der Waals surface area contributed by atoms with Gasteiger partial charge in [0.05, 0.1) is 25.4 Å². The summed E-state index contributed by atoms with van der Waals surface area (Å²) in [6.07, 6.45) is 9.32. The first-order chi connectivity index (χ1) is 13.0. The van der Waals surface area contributed by atoms with Gasteiger partial charge in [-0.15, -0.1) is 0 Å². The standard InChI is InChI=1S/C21H40O6/c1-3-5-11-18(22)13-7-9-15-26-20(24)17-21(25)27-16-10-8-14-19(23)12-6-4-2/h18-19,22-23H,3-17H2,1-2H3. The molecule has 0 aromatic carbocycles. The molecule has 0 aromatic heterocycles. The molecule has 0 bridgehead atoms. The average Bonchev–Trinajstić information content (AvgIpc) is 2.63.